The lowest BCUT2D eigenvalue weighted by Crippen LogP contribution is -2.50. The Hall–Kier alpha value is -5.06. The molecular weight excluding hydrogens is 604 g/mol. The number of hydrogen-bond donors (Lipinski definition) is 4. The number of anilines is 2. The van der Waals surface area contributed by atoms with Gasteiger partial charge in [0, 0.05) is 25.2 Å². The molecule has 0 unspecified atom stereocenters. The van der Waals surface area contributed by atoms with E-state index in [0.717, 1.165) is 82.2 Å². The summed E-state index contributed by atoms with van der Waals surface area (Å²) < 4.78 is 10.6. The van der Waals surface area contributed by atoms with E-state index >= 15 is 0 Å². The highest BCUT2D eigenvalue weighted by Crippen LogP contribution is 2.44. The van der Waals surface area contributed by atoms with E-state index in [0.29, 0.717) is 11.1 Å². The average Bonchev–Trinajstić information content (AvgIpc) is 3.10. The lowest BCUT2D eigenvalue weighted by Gasteiger charge is -2.44. The fourth-order valence-corrected chi connectivity index (χ4v) is 7.55. The van der Waals surface area contributed by atoms with E-state index in [-0.39, 0.29) is 36.2 Å². The van der Waals surface area contributed by atoms with Crippen LogP contribution in [0.15, 0.2) is 72.8 Å². The number of carbonyl (C=O) groups is 2. The molecule has 4 aliphatic rings. The lowest BCUT2D eigenvalue weighted by molar-refractivity contribution is 0.0916. The van der Waals surface area contributed by atoms with Crippen LogP contribution in [0.3, 0.4) is 0 Å². The molecule has 0 radical (unpaired) electrons. The number of nitrogens with one attached hydrogen (secondary N) is 2. The number of methoxy groups -OCH3 is 2. The minimum atomic E-state index is -0.176. The molecule has 4 aromatic rings. The quantitative estimate of drug-likeness (QED) is 0.234. The number of ether oxygens (including phenoxy) is 2. The highest BCUT2D eigenvalue weighted by atomic mass is 16.5. The molecule has 0 spiro atoms. The van der Waals surface area contributed by atoms with Gasteiger partial charge in [-0.15, -0.1) is 0 Å². The zero-order valence-corrected chi connectivity index (χ0v) is 27.7. The van der Waals surface area contributed by atoms with E-state index in [4.69, 9.17) is 20.9 Å². The molecule has 8 rings (SSSR count). The molecule has 0 aromatic heterocycles. The fourth-order valence-electron chi connectivity index (χ4n) is 7.55. The molecule has 4 heterocycles. The molecule has 4 atom stereocenters. The van der Waals surface area contributed by atoms with Crippen molar-refractivity contribution in [3.05, 3.63) is 117 Å². The largest absolute Gasteiger partial charge is 0.497 e. The molecule has 4 aliphatic heterocycles. The van der Waals surface area contributed by atoms with E-state index < -0.39 is 0 Å². The van der Waals surface area contributed by atoms with Crippen molar-refractivity contribution >= 4 is 23.2 Å². The van der Waals surface area contributed by atoms with Crippen LogP contribution < -0.4 is 41.4 Å². The number of para-hydroxylation sites is 2. The highest BCUT2D eigenvalue weighted by molar-refractivity contribution is 6.04. The van der Waals surface area contributed by atoms with Crippen LogP contribution in [0.1, 0.15) is 91.4 Å². The Bertz CT molecular complexity index is 1770. The molecular formula is C38H42N6O4. The van der Waals surface area contributed by atoms with Crippen LogP contribution in [-0.2, 0) is 0 Å². The van der Waals surface area contributed by atoms with Crippen LogP contribution in [0, 0.1) is 13.8 Å². The van der Waals surface area contributed by atoms with Gasteiger partial charge in [0.05, 0.1) is 36.7 Å². The van der Waals surface area contributed by atoms with Crippen molar-refractivity contribution in [3.8, 4) is 11.5 Å². The molecule has 4 aromatic carbocycles. The Labute approximate surface area is 281 Å². The van der Waals surface area contributed by atoms with Crippen LogP contribution in [0.4, 0.5) is 11.4 Å². The maximum absolute atomic E-state index is 12.6. The van der Waals surface area contributed by atoms with Crippen LogP contribution in [-0.4, -0.2) is 39.1 Å². The molecule has 48 heavy (non-hydrogen) atoms. The number of rotatable bonds is 4. The molecule has 0 saturated heterocycles. The summed E-state index contributed by atoms with van der Waals surface area (Å²) in [4.78, 5) is 29.8. The molecule has 0 saturated carbocycles. The third-order valence-electron chi connectivity index (χ3n) is 10.1. The predicted molar refractivity (Wildman–Crippen MR) is 187 cm³/mol. The predicted octanol–water partition coefficient (Wildman–Crippen LogP) is 5.31. The Morgan fingerprint density at radius 1 is 0.625 bits per heavy atom. The van der Waals surface area contributed by atoms with Crippen molar-refractivity contribution in [1.82, 2.24) is 10.6 Å². The second-order valence-electron chi connectivity index (χ2n) is 12.9. The van der Waals surface area contributed by atoms with E-state index in [1.807, 2.05) is 86.6 Å². The van der Waals surface area contributed by atoms with Crippen molar-refractivity contribution in [1.29, 1.82) is 0 Å². The van der Waals surface area contributed by atoms with Gasteiger partial charge in [-0.05, 0) is 96.5 Å². The minimum absolute atomic E-state index is 0.0142. The van der Waals surface area contributed by atoms with Crippen LogP contribution in [0.2, 0.25) is 0 Å². The van der Waals surface area contributed by atoms with Crippen LogP contribution in [0.5, 0.6) is 11.5 Å². The Balaban J connectivity index is 0.000000152. The lowest BCUT2D eigenvalue weighted by atomic mass is 9.90. The molecule has 248 valence electrons. The van der Waals surface area contributed by atoms with E-state index in [9.17, 15) is 9.59 Å². The van der Waals surface area contributed by atoms with Crippen molar-refractivity contribution < 1.29 is 19.1 Å². The van der Waals surface area contributed by atoms with Gasteiger partial charge in [-0.3, -0.25) is 9.59 Å². The first kappa shape index (κ1) is 31.5. The second-order valence-corrected chi connectivity index (χ2v) is 12.9. The SMILES string of the molecule is COc1ccc([C@@H]2NC(=O)c3cccc4c3N2CC[C@@H]4N)c(C)c1.COc1ccc([C@H]2NC(=O)c3cccc4c3N2CC[C@H]4N)c(C)c1. The van der Waals surface area contributed by atoms with Gasteiger partial charge < -0.3 is 41.4 Å². The Kier molecular flexibility index (Phi) is 8.22. The van der Waals surface area contributed by atoms with E-state index in [1.165, 1.54) is 0 Å². The Morgan fingerprint density at radius 2 is 1.04 bits per heavy atom. The van der Waals surface area contributed by atoms with E-state index in [1.54, 1.807) is 14.2 Å². The third-order valence-corrected chi connectivity index (χ3v) is 10.1. The standard InChI is InChI=1S/2C19H21N3O2/c2*1-11-10-12(24-2)6-7-13(11)18-21-19(23)15-5-3-4-14-16(20)8-9-22(18)17(14)15/h2*3-7,10,16,18H,8-9,20H2,1-2H3,(H,21,23)/t2*16-,18+/m10/s1. The number of nitrogens with two attached hydrogens (primary N) is 2. The topological polar surface area (TPSA) is 135 Å². The van der Waals surface area contributed by atoms with E-state index in [2.05, 4.69) is 20.4 Å². The number of carbonyl (C=O) groups excluding carboxylic acids is 2. The number of amides is 2. The van der Waals surface area contributed by atoms with Gasteiger partial charge in [-0.25, -0.2) is 0 Å². The van der Waals surface area contributed by atoms with Gasteiger partial charge in [-0.1, -0.05) is 36.4 Å². The first-order valence-electron chi connectivity index (χ1n) is 16.4. The van der Waals surface area contributed by atoms with Crippen molar-refractivity contribution in [2.45, 2.75) is 51.1 Å². The number of benzene rings is 4. The minimum Gasteiger partial charge on any atom is -0.497 e. The van der Waals surface area contributed by atoms with Crippen molar-refractivity contribution in [3.63, 3.8) is 0 Å². The summed E-state index contributed by atoms with van der Waals surface area (Å²) in [6.07, 6.45) is 1.39. The zero-order valence-electron chi connectivity index (χ0n) is 27.7. The van der Waals surface area contributed by atoms with Gasteiger partial charge >= 0.3 is 0 Å². The maximum Gasteiger partial charge on any atom is 0.255 e. The molecule has 0 aliphatic carbocycles. The molecule has 10 nitrogen and oxygen atoms in total. The van der Waals surface area contributed by atoms with Crippen molar-refractivity contribution in [2.24, 2.45) is 11.5 Å². The number of nitrogens with zero attached hydrogens (tertiary/aromatic N) is 2. The number of aryl methyl sites for hydroxylation is 2. The summed E-state index contributed by atoms with van der Waals surface area (Å²) in [5, 5.41) is 6.30. The summed E-state index contributed by atoms with van der Waals surface area (Å²) in [5.74, 6) is 1.55. The first-order chi connectivity index (χ1) is 23.2. The third kappa shape index (κ3) is 5.31. The normalized spacial score (nSPS) is 22.0. The molecule has 6 N–H and O–H groups in total. The summed E-state index contributed by atoms with van der Waals surface area (Å²) in [7, 11) is 3.32. The van der Waals surface area contributed by atoms with Gasteiger partial charge in [-0.2, -0.15) is 0 Å². The fraction of sp³-hybridized carbons (Fsp3) is 0.316. The highest BCUT2D eigenvalue weighted by Gasteiger charge is 2.39. The molecule has 0 fully saturated rings. The Morgan fingerprint density at radius 3 is 1.42 bits per heavy atom. The molecule has 2 amide bonds. The van der Waals surface area contributed by atoms with Gasteiger partial charge in [0.2, 0.25) is 0 Å². The van der Waals surface area contributed by atoms with Crippen LogP contribution >= 0.6 is 0 Å². The second kappa shape index (κ2) is 12.5. The summed E-state index contributed by atoms with van der Waals surface area (Å²) in [6, 6.07) is 23.5. The summed E-state index contributed by atoms with van der Waals surface area (Å²) in [5.41, 5.74) is 22.4. The molecule has 10 heteroatoms. The first-order valence-corrected chi connectivity index (χ1v) is 16.4. The maximum atomic E-state index is 12.6. The summed E-state index contributed by atoms with van der Waals surface area (Å²) in [6.45, 7) is 5.73. The molecule has 0 bridgehead atoms. The number of hydrogen-bond acceptors (Lipinski definition) is 8. The summed E-state index contributed by atoms with van der Waals surface area (Å²) >= 11 is 0. The zero-order chi connectivity index (χ0) is 33.7. The average molecular weight is 647 g/mol. The van der Waals surface area contributed by atoms with Gasteiger partial charge in [0.1, 0.15) is 23.8 Å². The van der Waals surface area contributed by atoms with Crippen LogP contribution in [0.25, 0.3) is 0 Å². The monoisotopic (exact) mass is 646 g/mol. The van der Waals surface area contributed by atoms with Gasteiger partial charge in [0.25, 0.3) is 11.8 Å². The van der Waals surface area contributed by atoms with Gasteiger partial charge in [0.15, 0.2) is 0 Å². The van der Waals surface area contributed by atoms with Crippen molar-refractivity contribution in [2.75, 3.05) is 37.1 Å². The smallest absolute Gasteiger partial charge is 0.255 e.